The minimum Gasteiger partial charge on any atom is -0.370 e. The molecule has 0 unspecified atom stereocenters. The Morgan fingerprint density at radius 3 is 2.58 bits per heavy atom. The van der Waals surface area contributed by atoms with Crippen LogP contribution >= 0.6 is 0 Å². The Morgan fingerprint density at radius 2 is 1.91 bits per heavy atom. The van der Waals surface area contributed by atoms with E-state index in [-0.39, 0.29) is 11.5 Å². The van der Waals surface area contributed by atoms with Crippen LogP contribution in [0.25, 0.3) is 10.9 Å². The molecule has 3 aromatic rings. The van der Waals surface area contributed by atoms with E-state index < -0.39 is 17.8 Å². The molecule has 1 aromatic carbocycles. The maximum atomic E-state index is 13.4. The van der Waals surface area contributed by atoms with Crippen molar-refractivity contribution in [1.29, 1.82) is 0 Å². The number of aromatic nitrogens is 3. The molecule has 1 aliphatic heterocycles. The van der Waals surface area contributed by atoms with Crippen molar-refractivity contribution < 1.29 is 18.0 Å². The summed E-state index contributed by atoms with van der Waals surface area (Å²) in [4.78, 5) is 17.8. The van der Waals surface area contributed by atoms with Crippen molar-refractivity contribution in [3.8, 4) is 0 Å². The van der Waals surface area contributed by atoms with Crippen molar-refractivity contribution in [2.45, 2.75) is 45.8 Å². The van der Waals surface area contributed by atoms with Crippen LogP contribution in [0.2, 0.25) is 0 Å². The predicted molar refractivity (Wildman–Crippen MR) is 121 cm³/mol. The quantitative estimate of drug-likeness (QED) is 0.528. The molecule has 6 nitrogen and oxygen atoms in total. The van der Waals surface area contributed by atoms with Gasteiger partial charge in [0.2, 0.25) is 0 Å². The molecule has 174 valence electrons. The molecule has 1 N–H and O–H groups in total. The van der Waals surface area contributed by atoms with E-state index in [1.807, 2.05) is 13.0 Å². The monoisotopic (exact) mass is 457 g/mol. The SMILES string of the molecule is Cc1c([C@@H](C)Nc2nnc(C)c3ncc(N4CCC(C=O)CC4)cc23)cccc1C(F)(F)F. The number of nitrogens with one attached hydrogen (secondary N) is 1. The molecule has 0 aliphatic carbocycles. The van der Waals surface area contributed by atoms with Crippen LogP contribution < -0.4 is 10.2 Å². The first kappa shape index (κ1) is 22.9. The number of carbonyl (C=O) groups excluding carboxylic acids is 1. The fraction of sp³-hybridized carbons (Fsp3) is 0.417. The van der Waals surface area contributed by atoms with Crippen LogP contribution in [-0.4, -0.2) is 34.6 Å². The van der Waals surface area contributed by atoms with Crippen LogP contribution in [0.3, 0.4) is 0 Å². The van der Waals surface area contributed by atoms with Gasteiger partial charge >= 0.3 is 6.18 Å². The van der Waals surface area contributed by atoms with Crippen molar-refractivity contribution in [2.24, 2.45) is 5.92 Å². The Labute approximate surface area is 190 Å². The molecule has 0 saturated carbocycles. The summed E-state index contributed by atoms with van der Waals surface area (Å²) in [5, 5.41) is 12.5. The zero-order valence-corrected chi connectivity index (χ0v) is 18.8. The Morgan fingerprint density at radius 1 is 1.18 bits per heavy atom. The maximum Gasteiger partial charge on any atom is 0.416 e. The summed E-state index contributed by atoms with van der Waals surface area (Å²) in [6.07, 6.45) is 0.00106. The number of aldehydes is 1. The zero-order valence-electron chi connectivity index (χ0n) is 18.8. The molecule has 1 atom stereocenters. The molecule has 1 fully saturated rings. The average Bonchev–Trinajstić information content (AvgIpc) is 2.80. The largest absolute Gasteiger partial charge is 0.416 e. The summed E-state index contributed by atoms with van der Waals surface area (Å²) in [5.41, 5.74) is 2.37. The van der Waals surface area contributed by atoms with Gasteiger partial charge in [-0.1, -0.05) is 12.1 Å². The van der Waals surface area contributed by atoms with Gasteiger partial charge in [-0.05, 0) is 56.9 Å². The molecule has 3 heterocycles. The number of piperidine rings is 1. The van der Waals surface area contributed by atoms with Crippen LogP contribution in [0.4, 0.5) is 24.7 Å². The molecular formula is C24H26F3N5O. The van der Waals surface area contributed by atoms with Crippen LogP contribution in [0, 0.1) is 19.8 Å². The first-order valence-electron chi connectivity index (χ1n) is 11.0. The fourth-order valence-electron chi connectivity index (χ4n) is 4.43. The summed E-state index contributed by atoms with van der Waals surface area (Å²) in [7, 11) is 0. The zero-order chi connectivity index (χ0) is 23.8. The van der Waals surface area contributed by atoms with E-state index in [0.717, 1.165) is 49.4 Å². The Kier molecular flexibility index (Phi) is 6.23. The number of anilines is 2. The van der Waals surface area contributed by atoms with Gasteiger partial charge in [-0.25, -0.2) is 0 Å². The van der Waals surface area contributed by atoms with E-state index in [9.17, 15) is 18.0 Å². The lowest BCUT2D eigenvalue weighted by Gasteiger charge is -2.31. The number of rotatable bonds is 5. The van der Waals surface area contributed by atoms with Gasteiger partial charge in [0, 0.05) is 24.4 Å². The van der Waals surface area contributed by atoms with Gasteiger partial charge in [0.05, 0.1) is 34.7 Å². The molecule has 2 aromatic heterocycles. The normalized spacial score (nSPS) is 16.1. The minimum absolute atomic E-state index is 0.0940. The molecule has 4 rings (SSSR count). The maximum absolute atomic E-state index is 13.4. The van der Waals surface area contributed by atoms with E-state index in [2.05, 4.69) is 25.4 Å². The summed E-state index contributed by atoms with van der Waals surface area (Å²) in [6, 6.07) is 5.76. The number of aryl methyl sites for hydroxylation is 1. The van der Waals surface area contributed by atoms with E-state index in [1.165, 1.54) is 13.0 Å². The second-order valence-electron chi connectivity index (χ2n) is 8.57. The van der Waals surface area contributed by atoms with Crippen molar-refractivity contribution in [3.63, 3.8) is 0 Å². The smallest absolute Gasteiger partial charge is 0.370 e. The van der Waals surface area contributed by atoms with Crippen LogP contribution in [0.15, 0.2) is 30.5 Å². The molecule has 0 amide bonds. The fourth-order valence-corrected chi connectivity index (χ4v) is 4.43. The lowest BCUT2D eigenvalue weighted by Crippen LogP contribution is -2.34. The Bertz CT molecular complexity index is 1170. The summed E-state index contributed by atoms with van der Waals surface area (Å²) in [5.74, 6) is 0.564. The standard InChI is InChI=1S/C24H26F3N5O/c1-14-19(5-4-6-21(14)24(25,26)27)15(2)29-23-20-11-18(12-28-22(20)16(3)30-31-23)32-9-7-17(13-33)8-10-32/h4-6,11-13,15,17H,7-10H2,1-3H3,(H,29,31)/t15-/m1/s1. The van der Waals surface area contributed by atoms with Crippen molar-refractivity contribution in [1.82, 2.24) is 15.2 Å². The molecule has 0 spiro atoms. The Balaban J connectivity index is 1.67. The third-order valence-electron chi connectivity index (χ3n) is 6.37. The molecule has 1 aliphatic rings. The number of hydrogen-bond acceptors (Lipinski definition) is 6. The third kappa shape index (κ3) is 4.62. The van der Waals surface area contributed by atoms with E-state index in [0.29, 0.717) is 22.6 Å². The highest BCUT2D eigenvalue weighted by Crippen LogP contribution is 2.36. The molecule has 9 heteroatoms. The summed E-state index contributed by atoms with van der Waals surface area (Å²) >= 11 is 0. The number of pyridine rings is 1. The number of alkyl halides is 3. The highest BCUT2D eigenvalue weighted by molar-refractivity contribution is 5.92. The molecule has 1 saturated heterocycles. The summed E-state index contributed by atoms with van der Waals surface area (Å²) < 4.78 is 40.1. The summed E-state index contributed by atoms with van der Waals surface area (Å²) in [6.45, 7) is 6.63. The van der Waals surface area contributed by atoms with Crippen LogP contribution in [-0.2, 0) is 11.0 Å². The lowest BCUT2D eigenvalue weighted by atomic mass is 9.97. The van der Waals surface area contributed by atoms with Gasteiger partial charge in [-0.15, -0.1) is 5.10 Å². The van der Waals surface area contributed by atoms with Gasteiger partial charge in [0.15, 0.2) is 5.82 Å². The number of fused-ring (bicyclic) bond motifs is 1. The second kappa shape index (κ2) is 8.96. The predicted octanol–water partition coefficient (Wildman–Crippen LogP) is 5.25. The Hall–Kier alpha value is -3.23. The van der Waals surface area contributed by atoms with Crippen molar-refractivity contribution >= 4 is 28.7 Å². The molecular weight excluding hydrogens is 431 g/mol. The first-order valence-corrected chi connectivity index (χ1v) is 11.0. The van der Waals surface area contributed by atoms with Crippen molar-refractivity contribution in [2.75, 3.05) is 23.3 Å². The second-order valence-corrected chi connectivity index (χ2v) is 8.57. The van der Waals surface area contributed by atoms with Gasteiger partial charge in [-0.3, -0.25) is 4.98 Å². The number of hydrogen-bond donors (Lipinski definition) is 1. The number of benzene rings is 1. The number of nitrogens with zero attached hydrogens (tertiary/aromatic N) is 4. The molecule has 0 bridgehead atoms. The van der Waals surface area contributed by atoms with E-state index in [1.54, 1.807) is 19.2 Å². The van der Waals surface area contributed by atoms with Crippen LogP contribution in [0.1, 0.15) is 48.2 Å². The number of halogens is 3. The third-order valence-corrected chi connectivity index (χ3v) is 6.37. The molecule has 33 heavy (non-hydrogen) atoms. The van der Waals surface area contributed by atoms with Crippen molar-refractivity contribution in [3.05, 3.63) is 52.8 Å². The minimum atomic E-state index is -4.41. The first-order chi connectivity index (χ1) is 15.7. The highest BCUT2D eigenvalue weighted by atomic mass is 19.4. The number of carbonyl (C=O) groups is 1. The molecule has 0 radical (unpaired) electrons. The average molecular weight is 458 g/mol. The lowest BCUT2D eigenvalue weighted by molar-refractivity contribution is -0.138. The highest BCUT2D eigenvalue weighted by Gasteiger charge is 2.33. The van der Waals surface area contributed by atoms with E-state index in [4.69, 9.17) is 0 Å². The van der Waals surface area contributed by atoms with E-state index >= 15 is 0 Å². The topological polar surface area (TPSA) is 71.0 Å². The van der Waals surface area contributed by atoms with Gasteiger partial charge in [-0.2, -0.15) is 18.3 Å². The van der Waals surface area contributed by atoms with Crippen LogP contribution in [0.5, 0.6) is 0 Å². The van der Waals surface area contributed by atoms with Gasteiger partial charge < -0.3 is 15.0 Å². The van der Waals surface area contributed by atoms with Gasteiger partial charge in [0.1, 0.15) is 6.29 Å². The van der Waals surface area contributed by atoms with Gasteiger partial charge in [0.25, 0.3) is 0 Å².